The molecule has 0 saturated carbocycles. The van der Waals surface area contributed by atoms with Gasteiger partial charge in [0.1, 0.15) is 0 Å². The van der Waals surface area contributed by atoms with Crippen molar-refractivity contribution in [3.63, 3.8) is 0 Å². The maximum Gasteiger partial charge on any atom is 0.274 e. The number of carbonyl (C=O) groups excluding carboxylic acids is 1. The van der Waals surface area contributed by atoms with Gasteiger partial charge in [-0.05, 0) is 50.1 Å². The molecule has 2 aromatic carbocycles. The lowest BCUT2D eigenvalue weighted by Gasteiger charge is -2.32. The first-order chi connectivity index (χ1) is 13.3. The number of nitrogens with zero attached hydrogens (tertiary/aromatic N) is 2. The molecular formula is C20H21Cl2N3O3. The predicted octanol–water partition coefficient (Wildman–Crippen LogP) is 5.06. The van der Waals surface area contributed by atoms with Crippen LogP contribution in [0.1, 0.15) is 24.0 Å². The molecule has 28 heavy (non-hydrogen) atoms. The molecule has 148 valence electrons. The minimum Gasteiger partial charge on any atom is -0.325 e. The molecule has 1 unspecified atom stereocenters. The number of hydrogen-bond acceptors (Lipinski definition) is 4. The van der Waals surface area contributed by atoms with Gasteiger partial charge in [-0.3, -0.25) is 19.8 Å². The number of likely N-dealkylation sites (tertiary alicyclic amines) is 1. The molecule has 6 nitrogen and oxygen atoms in total. The number of amides is 1. The smallest absolute Gasteiger partial charge is 0.274 e. The van der Waals surface area contributed by atoms with Crippen molar-refractivity contribution in [2.75, 3.05) is 18.4 Å². The summed E-state index contributed by atoms with van der Waals surface area (Å²) >= 11 is 12.1. The van der Waals surface area contributed by atoms with Crippen LogP contribution in [-0.4, -0.2) is 28.8 Å². The van der Waals surface area contributed by atoms with Crippen molar-refractivity contribution in [3.8, 4) is 0 Å². The minimum absolute atomic E-state index is 0.00249. The number of halogens is 2. The first kappa shape index (κ1) is 20.6. The van der Waals surface area contributed by atoms with Crippen molar-refractivity contribution < 1.29 is 9.72 Å². The Hall–Kier alpha value is -2.15. The number of carbonyl (C=O) groups is 1. The van der Waals surface area contributed by atoms with E-state index in [2.05, 4.69) is 10.2 Å². The average molecular weight is 422 g/mol. The van der Waals surface area contributed by atoms with E-state index >= 15 is 0 Å². The molecule has 1 atom stereocenters. The highest BCUT2D eigenvalue weighted by Crippen LogP contribution is 2.28. The summed E-state index contributed by atoms with van der Waals surface area (Å²) in [7, 11) is 0. The molecule has 8 heteroatoms. The topological polar surface area (TPSA) is 75.5 Å². The Labute approximate surface area is 173 Å². The second-order valence-electron chi connectivity index (χ2n) is 7.02. The molecule has 0 aliphatic carbocycles. The number of benzene rings is 2. The molecular weight excluding hydrogens is 401 g/mol. The Morgan fingerprint density at radius 2 is 2.07 bits per heavy atom. The molecule has 1 fully saturated rings. The highest BCUT2D eigenvalue weighted by atomic mass is 35.5. The van der Waals surface area contributed by atoms with Crippen LogP contribution in [-0.2, 0) is 11.3 Å². The second kappa shape index (κ2) is 8.90. The summed E-state index contributed by atoms with van der Waals surface area (Å²) in [5.74, 6) is -0.280. The van der Waals surface area contributed by atoms with E-state index in [0.29, 0.717) is 34.4 Å². The molecule has 1 aliphatic heterocycles. The quantitative estimate of drug-likeness (QED) is 0.540. The summed E-state index contributed by atoms with van der Waals surface area (Å²) in [5.41, 5.74) is 2.00. The van der Waals surface area contributed by atoms with Crippen LogP contribution in [0.4, 0.5) is 11.4 Å². The van der Waals surface area contributed by atoms with Crippen LogP contribution in [0.3, 0.4) is 0 Å². The Kier molecular flexibility index (Phi) is 6.54. The van der Waals surface area contributed by atoms with Gasteiger partial charge in [0, 0.05) is 19.2 Å². The number of nitro groups is 1. The van der Waals surface area contributed by atoms with E-state index in [-0.39, 0.29) is 17.5 Å². The monoisotopic (exact) mass is 421 g/mol. The second-order valence-corrected chi connectivity index (χ2v) is 7.83. The lowest BCUT2D eigenvalue weighted by atomic mass is 9.96. The molecule has 3 rings (SSSR count). The van der Waals surface area contributed by atoms with E-state index in [4.69, 9.17) is 23.2 Å². The molecule has 1 aliphatic rings. The van der Waals surface area contributed by atoms with Crippen molar-refractivity contribution >= 4 is 40.5 Å². The van der Waals surface area contributed by atoms with Crippen LogP contribution >= 0.6 is 23.2 Å². The SMILES string of the molecule is Cc1c(NC(=O)C2CCCN(Cc3ccc(Cl)c(Cl)c3)C2)cccc1[N+](=O)[O-]. The van der Waals surface area contributed by atoms with Crippen LogP contribution in [0.15, 0.2) is 36.4 Å². The van der Waals surface area contributed by atoms with Crippen molar-refractivity contribution in [3.05, 3.63) is 67.7 Å². The minimum atomic E-state index is -0.440. The van der Waals surface area contributed by atoms with Crippen molar-refractivity contribution in [1.29, 1.82) is 0 Å². The third-order valence-electron chi connectivity index (χ3n) is 5.03. The van der Waals surface area contributed by atoms with Gasteiger partial charge >= 0.3 is 0 Å². The summed E-state index contributed by atoms with van der Waals surface area (Å²) < 4.78 is 0. The fraction of sp³-hybridized carbons (Fsp3) is 0.350. The normalized spacial score (nSPS) is 17.3. The zero-order valence-electron chi connectivity index (χ0n) is 15.5. The molecule has 1 heterocycles. The van der Waals surface area contributed by atoms with E-state index in [0.717, 1.165) is 24.9 Å². The van der Waals surface area contributed by atoms with Gasteiger partial charge in [-0.1, -0.05) is 35.3 Å². The van der Waals surface area contributed by atoms with Crippen LogP contribution in [0, 0.1) is 23.0 Å². The van der Waals surface area contributed by atoms with Crippen LogP contribution in [0.25, 0.3) is 0 Å². The lowest BCUT2D eigenvalue weighted by molar-refractivity contribution is -0.385. The Morgan fingerprint density at radius 3 is 2.79 bits per heavy atom. The number of anilines is 1. The zero-order chi connectivity index (χ0) is 20.3. The van der Waals surface area contributed by atoms with Gasteiger partial charge in [0.2, 0.25) is 5.91 Å². The van der Waals surface area contributed by atoms with Crippen LogP contribution in [0.2, 0.25) is 10.0 Å². The number of nitrogens with one attached hydrogen (secondary N) is 1. The van der Waals surface area contributed by atoms with Gasteiger partial charge in [0.05, 0.1) is 32.1 Å². The molecule has 1 N–H and O–H groups in total. The first-order valence-corrected chi connectivity index (χ1v) is 9.82. The Morgan fingerprint density at radius 1 is 1.29 bits per heavy atom. The molecule has 1 amide bonds. The van der Waals surface area contributed by atoms with E-state index in [1.54, 1.807) is 25.1 Å². The fourth-order valence-electron chi connectivity index (χ4n) is 3.50. The zero-order valence-corrected chi connectivity index (χ0v) is 17.0. The molecule has 0 aromatic heterocycles. The fourth-order valence-corrected chi connectivity index (χ4v) is 3.82. The van der Waals surface area contributed by atoms with Gasteiger partial charge < -0.3 is 5.32 Å². The molecule has 0 spiro atoms. The Balaban J connectivity index is 1.65. The van der Waals surface area contributed by atoms with Gasteiger partial charge in [0.15, 0.2) is 0 Å². The number of nitro benzene ring substituents is 1. The summed E-state index contributed by atoms with van der Waals surface area (Å²) in [5, 5.41) is 15.0. The molecule has 0 bridgehead atoms. The standard InChI is InChI=1S/C20H21Cl2N3O3/c1-13-18(5-2-6-19(13)25(27)28)23-20(26)15-4-3-9-24(12-15)11-14-7-8-16(21)17(22)10-14/h2,5-8,10,15H,3-4,9,11-12H2,1H3,(H,23,26). The summed E-state index contributed by atoms with van der Waals surface area (Å²) in [6, 6.07) is 10.3. The van der Waals surface area contributed by atoms with Crippen LogP contribution < -0.4 is 5.32 Å². The van der Waals surface area contributed by atoms with E-state index in [1.807, 2.05) is 12.1 Å². The van der Waals surface area contributed by atoms with Crippen LogP contribution in [0.5, 0.6) is 0 Å². The Bertz CT molecular complexity index is 904. The van der Waals surface area contributed by atoms with E-state index in [1.165, 1.54) is 6.07 Å². The molecule has 0 radical (unpaired) electrons. The number of piperidine rings is 1. The van der Waals surface area contributed by atoms with Gasteiger partial charge in [-0.15, -0.1) is 0 Å². The van der Waals surface area contributed by atoms with Crippen molar-refractivity contribution in [2.24, 2.45) is 5.92 Å². The largest absolute Gasteiger partial charge is 0.325 e. The predicted molar refractivity (Wildman–Crippen MR) is 111 cm³/mol. The summed E-state index contributed by atoms with van der Waals surface area (Å²) in [6.07, 6.45) is 1.70. The van der Waals surface area contributed by atoms with Crippen molar-refractivity contribution in [1.82, 2.24) is 4.90 Å². The third-order valence-corrected chi connectivity index (χ3v) is 5.77. The molecule has 1 saturated heterocycles. The van der Waals surface area contributed by atoms with Crippen molar-refractivity contribution in [2.45, 2.75) is 26.3 Å². The van der Waals surface area contributed by atoms with E-state index in [9.17, 15) is 14.9 Å². The number of hydrogen-bond donors (Lipinski definition) is 1. The molecule has 2 aromatic rings. The van der Waals surface area contributed by atoms with Gasteiger partial charge in [-0.2, -0.15) is 0 Å². The summed E-state index contributed by atoms with van der Waals surface area (Å²) in [6.45, 7) is 3.86. The third kappa shape index (κ3) is 4.82. The average Bonchev–Trinajstić information content (AvgIpc) is 2.66. The first-order valence-electron chi connectivity index (χ1n) is 9.06. The summed E-state index contributed by atoms with van der Waals surface area (Å²) in [4.78, 5) is 25.6. The van der Waals surface area contributed by atoms with Gasteiger partial charge in [-0.25, -0.2) is 0 Å². The maximum absolute atomic E-state index is 12.8. The maximum atomic E-state index is 12.8. The van der Waals surface area contributed by atoms with Gasteiger partial charge in [0.25, 0.3) is 5.69 Å². The highest BCUT2D eigenvalue weighted by Gasteiger charge is 2.27. The van der Waals surface area contributed by atoms with E-state index < -0.39 is 4.92 Å². The highest BCUT2D eigenvalue weighted by molar-refractivity contribution is 6.42. The lowest BCUT2D eigenvalue weighted by Crippen LogP contribution is -2.40. The number of rotatable bonds is 5.